The molecule has 4 nitrogen and oxygen atoms in total. The summed E-state index contributed by atoms with van der Waals surface area (Å²) >= 11 is 23.0. The number of hydrogen-bond donors (Lipinski definition) is 2. The minimum Gasteiger partial charge on any atom is -0.459 e. The van der Waals surface area contributed by atoms with Crippen LogP contribution in [0.1, 0.15) is 5.76 Å². The quantitative estimate of drug-likeness (QED) is 0.531. The number of pyridine rings is 1. The standard InChI is InChI=1S/C17H12Cl3N3OS/c18-11-3-1-10(2-4-11)15-6-5-13(24-15)9-22-17(25)23-16-14(20)7-12(19)8-21-16/h1-8H,9H2,(H2,21,22,23,25). The van der Waals surface area contributed by atoms with Gasteiger partial charge in [0.2, 0.25) is 0 Å². The third-order valence-corrected chi connectivity index (χ3v) is 4.25. The third kappa shape index (κ3) is 4.86. The maximum atomic E-state index is 6.05. The Kier molecular flexibility index (Phi) is 5.81. The van der Waals surface area contributed by atoms with E-state index in [-0.39, 0.29) is 0 Å². The van der Waals surface area contributed by atoms with Gasteiger partial charge in [-0.1, -0.05) is 34.8 Å². The lowest BCUT2D eigenvalue weighted by atomic mass is 10.2. The van der Waals surface area contributed by atoms with Crippen LogP contribution in [0.15, 0.2) is 53.1 Å². The van der Waals surface area contributed by atoms with Gasteiger partial charge in [-0.2, -0.15) is 0 Å². The highest BCUT2D eigenvalue weighted by Gasteiger charge is 2.08. The smallest absolute Gasteiger partial charge is 0.172 e. The first-order chi connectivity index (χ1) is 12.0. The Bertz CT molecular complexity index is 896. The fourth-order valence-corrected chi connectivity index (χ4v) is 2.79. The van der Waals surface area contributed by atoms with Gasteiger partial charge in [0.15, 0.2) is 10.9 Å². The molecular weight excluding hydrogens is 401 g/mol. The van der Waals surface area contributed by atoms with Crippen LogP contribution >= 0.6 is 47.0 Å². The zero-order chi connectivity index (χ0) is 17.8. The van der Waals surface area contributed by atoms with Crippen molar-refractivity contribution in [3.63, 3.8) is 0 Å². The van der Waals surface area contributed by atoms with E-state index >= 15 is 0 Å². The van der Waals surface area contributed by atoms with Crippen LogP contribution in [0.3, 0.4) is 0 Å². The molecule has 0 bridgehead atoms. The molecule has 2 N–H and O–H groups in total. The first kappa shape index (κ1) is 18.0. The maximum Gasteiger partial charge on any atom is 0.172 e. The average molecular weight is 413 g/mol. The molecule has 0 fully saturated rings. The molecule has 2 aromatic heterocycles. The molecule has 0 atom stereocenters. The molecule has 0 aliphatic rings. The lowest BCUT2D eigenvalue weighted by molar-refractivity contribution is 0.516. The summed E-state index contributed by atoms with van der Waals surface area (Å²) < 4.78 is 5.80. The second-order valence-corrected chi connectivity index (χ2v) is 6.75. The Labute approximate surface area is 165 Å². The molecule has 2 heterocycles. The van der Waals surface area contributed by atoms with Crippen LogP contribution in [0.25, 0.3) is 11.3 Å². The van der Waals surface area contributed by atoms with E-state index in [1.165, 1.54) is 6.20 Å². The van der Waals surface area contributed by atoms with Gasteiger partial charge in [0.25, 0.3) is 0 Å². The molecular formula is C17H12Cl3N3OS. The van der Waals surface area contributed by atoms with Crippen molar-refractivity contribution in [3.05, 3.63) is 69.5 Å². The van der Waals surface area contributed by atoms with Crippen molar-refractivity contribution in [3.8, 4) is 11.3 Å². The molecule has 8 heteroatoms. The fourth-order valence-electron chi connectivity index (χ4n) is 2.07. The summed E-state index contributed by atoms with van der Waals surface area (Å²) in [7, 11) is 0. The average Bonchev–Trinajstić information content (AvgIpc) is 3.05. The second kappa shape index (κ2) is 8.06. The van der Waals surface area contributed by atoms with Crippen molar-refractivity contribution < 1.29 is 4.42 Å². The molecule has 0 spiro atoms. The van der Waals surface area contributed by atoms with Gasteiger partial charge in [0.05, 0.1) is 16.6 Å². The van der Waals surface area contributed by atoms with Crippen LogP contribution in [-0.2, 0) is 6.54 Å². The van der Waals surface area contributed by atoms with E-state index in [4.69, 9.17) is 51.4 Å². The predicted molar refractivity (Wildman–Crippen MR) is 106 cm³/mol. The number of furan rings is 1. The van der Waals surface area contributed by atoms with Crippen molar-refractivity contribution >= 4 is 58.0 Å². The largest absolute Gasteiger partial charge is 0.459 e. The molecule has 0 aliphatic heterocycles. The normalized spacial score (nSPS) is 10.5. The summed E-state index contributed by atoms with van der Waals surface area (Å²) in [4.78, 5) is 4.09. The molecule has 0 amide bonds. The number of thiocarbonyl (C=S) groups is 1. The van der Waals surface area contributed by atoms with Crippen molar-refractivity contribution in [1.29, 1.82) is 0 Å². The number of aromatic nitrogens is 1. The van der Waals surface area contributed by atoms with Crippen molar-refractivity contribution in [1.82, 2.24) is 10.3 Å². The predicted octanol–water partition coefficient (Wildman–Crippen LogP) is 5.79. The van der Waals surface area contributed by atoms with E-state index in [9.17, 15) is 0 Å². The topological polar surface area (TPSA) is 50.1 Å². The van der Waals surface area contributed by atoms with Crippen molar-refractivity contribution in [2.75, 3.05) is 5.32 Å². The highest BCUT2D eigenvalue weighted by molar-refractivity contribution is 7.80. The summed E-state index contributed by atoms with van der Waals surface area (Å²) in [5.41, 5.74) is 0.952. The van der Waals surface area contributed by atoms with Crippen molar-refractivity contribution in [2.45, 2.75) is 6.54 Å². The number of benzene rings is 1. The third-order valence-electron chi connectivity index (χ3n) is 3.25. The van der Waals surface area contributed by atoms with E-state index in [0.29, 0.717) is 32.5 Å². The SMILES string of the molecule is S=C(NCc1ccc(-c2ccc(Cl)cc2)o1)Nc1ncc(Cl)cc1Cl. The lowest BCUT2D eigenvalue weighted by Gasteiger charge is -2.10. The van der Waals surface area contributed by atoms with Gasteiger partial charge in [0.1, 0.15) is 11.5 Å². The van der Waals surface area contributed by atoms with E-state index in [1.807, 2.05) is 36.4 Å². The molecule has 0 radical (unpaired) electrons. The Hall–Kier alpha value is -1.79. The van der Waals surface area contributed by atoms with Gasteiger partial charge in [-0.25, -0.2) is 4.98 Å². The van der Waals surface area contributed by atoms with E-state index < -0.39 is 0 Å². The van der Waals surface area contributed by atoms with Crippen LogP contribution in [0.4, 0.5) is 5.82 Å². The molecule has 3 aromatic rings. The number of rotatable bonds is 4. The summed E-state index contributed by atoms with van der Waals surface area (Å²) in [6, 6.07) is 12.8. The Morgan fingerprint density at radius 3 is 2.52 bits per heavy atom. The molecule has 0 aliphatic carbocycles. The lowest BCUT2D eigenvalue weighted by Crippen LogP contribution is -2.28. The molecule has 128 valence electrons. The molecule has 0 saturated heterocycles. The number of hydrogen-bond acceptors (Lipinski definition) is 3. The van der Waals surface area contributed by atoms with E-state index in [0.717, 1.165) is 17.1 Å². The van der Waals surface area contributed by atoms with Gasteiger partial charge in [0, 0.05) is 16.8 Å². The van der Waals surface area contributed by atoms with Gasteiger partial charge in [-0.3, -0.25) is 0 Å². The number of nitrogens with zero attached hydrogens (tertiary/aromatic N) is 1. The molecule has 0 saturated carbocycles. The van der Waals surface area contributed by atoms with Gasteiger partial charge in [-0.05, 0) is 54.7 Å². The summed E-state index contributed by atoms with van der Waals surface area (Å²) in [5, 5.41) is 7.86. The highest BCUT2D eigenvalue weighted by Crippen LogP contribution is 2.24. The minimum atomic E-state index is 0.376. The highest BCUT2D eigenvalue weighted by atomic mass is 35.5. The number of nitrogens with one attached hydrogen (secondary N) is 2. The molecule has 0 unspecified atom stereocenters. The molecule has 1 aromatic carbocycles. The van der Waals surface area contributed by atoms with Crippen LogP contribution in [-0.4, -0.2) is 10.1 Å². The Morgan fingerprint density at radius 1 is 1.04 bits per heavy atom. The van der Waals surface area contributed by atoms with Crippen LogP contribution in [0.2, 0.25) is 15.1 Å². The first-order valence-corrected chi connectivity index (χ1v) is 8.76. The summed E-state index contributed by atoms with van der Waals surface area (Å²) in [5.74, 6) is 1.93. The second-order valence-electron chi connectivity index (χ2n) is 5.06. The van der Waals surface area contributed by atoms with E-state index in [2.05, 4.69) is 15.6 Å². The summed E-state index contributed by atoms with van der Waals surface area (Å²) in [6.45, 7) is 0.421. The van der Waals surface area contributed by atoms with Crippen LogP contribution in [0, 0.1) is 0 Å². The van der Waals surface area contributed by atoms with Crippen LogP contribution in [0.5, 0.6) is 0 Å². The maximum absolute atomic E-state index is 6.05. The molecule has 3 rings (SSSR count). The van der Waals surface area contributed by atoms with Gasteiger partial charge < -0.3 is 15.1 Å². The number of anilines is 1. The van der Waals surface area contributed by atoms with Crippen LogP contribution < -0.4 is 10.6 Å². The fraction of sp³-hybridized carbons (Fsp3) is 0.0588. The zero-order valence-electron chi connectivity index (χ0n) is 12.7. The number of halogens is 3. The van der Waals surface area contributed by atoms with Crippen molar-refractivity contribution in [2.24, 2.45) is 0 Å². The molecule has 25 heavy (non-hydrogen) atoms. The minimum absolute atomic E-state index is 0.376. The van der Waals surface area contributed by atoms with Gasteiger partial charge >= 0.3 is 0 Å². The summed E-state index contributed by atoms with van der Waals surface area (Å²) in [6.07, 6.45) is 1.49. The van der Waals surface area contributed by atoms with E-state index in [1.54, 1.807) is 6.07 Å². The first-order valence-electron chi connectivity index (χ1n) is 7.22. The Balaban J connectivity index is 1.58. The zero-order valence-corrected chi connectivity index (χ0v) is 15.8. The monoisotopic (exact) mass is 411 g/mol. The van der Waals surface area contributed by atoms with Gasteiger partial charge in [-0.15, -0.1) is 0 Å². The Morgan fingerprint density at radius 2 is 1.80 bits per heavy atom.